The molecule has 0 aliphatic heterocycles. The summed E-state index contributed by atoms with van der Waals surface area (Å²) in [4.78, 5) is 0.388. The van der Waals surface area contributed by atoms with Crippen LogP contribution < -0.4 is 10.0 Å². The highest BCUT2D eigenvalue weighted by Gasteiger charge is 2.16. The van der Waals surface area contributed by atoms with Crippen molar-refractivity contribution >= 4 is 10.0 Å². The maximum Gasteiger partial charge on any atom is 0.240 e. The maximum atomic E-state index is 12.1. The molecule has 0 aromatic heterocycles. The van der Waals surface area contributed by atoms with Crippen LogP contribution in [0.3, 0.4) is 0 Å². The molecule has 1 aromatic rings. The summed E-state index contributed by atoms with van der Waals surface area (Å²) in [5.74, 6) is 0. The summed E-state index contributed by atoms with van der Waals surface area (Å²) in [7, 11) is -1.56. The number of hydrogen-bond donors (Lipinski definition) is 2. The van der Waals surface area contributed by atoms with Crippen molar-refractivity contribution in [2.45, 2.75) is 30.6 Å². The van der Waals surface area contributed by atoms with E-state index in [2.05, 4.69) is 10.0 Å². The predicted molar refractivity (Wildman–Crippen MR) is 72.2 cm³/mol. The van der Waals surface area contributed by atoms with E-state index in [9.17, 15) is 8.42 Å². The van der Waals surface area contributed by atoms with Crippen molar-refractivity contribution in [2.24, 2.45) is 0 Å². The van der Waals surface area contributed by atoms with Gasteiger partial charge in [0.05, 0.1) is 4.90 Å². The minimum Gasteiger partial charge on any atom is -0.318 e. The lowest BCUT2D eigenvalue weighted by molar-refractivity contribution is 0.579. The van der Waals surface area contributed by atoms with Crippen molar-refractivity contribution in [3.8, 4) is 0 Å². The second-order valence-corrected chi connectivity index (χ2v) is 6.41. The highest BCUT2D eigenvalue weighted by Crippen LogP contribution is 2.23. The Morgan fingerprint density at radius 3 is 2.56 bits per heavy atom. The standard InChI is InChI=1S/C13H20N2O2S/c1-14-8-9-15-18(16,17)13-7-6-11-4-2-3-5-12(11)10-13/h6-7,10,14-15H,2-5,8-9H2,1H3. The SMILES string of the molecule is CNCCNS(=O)(=O)c1ccc2c(c1)CCCC2. The lowest BCUT2D eigenvalue weighted by Gasteiger charge is -2.16. The van der Waals surface area contributed by atoms with Gasteiger partial charge in [-0.2, -0.15) is 0 Å². The van der Waals surface area contributed by atoms with Crippen molar-refractivity contribution in [3.63, 3.8) is 0 Å². The van der Waals surface area contributed by atoms with Crippen molar-refractivity contribution in [1.82, 2.24) is 10.0 Å². The van der Waals surface area contributed by atoms with E-state index < -0.39 is 10.0 Å². The van der Waals surface area contributed by atoms with Gasteiger partial charge in [-0.3, -0.25) is 0 Å². The zero-order valence-electron chi connectivity index (χ0n) is 10.7. The van der Waals surface area contributed by atoms with E-state index in [1.54, 1.807) is 13.1 Å². The van der Waals surface area contributed by atoms with Crippen LogP contribution in [0.1, 0.15) is 24.0 Å². The molecule has 1 aromatic carbocycles. The average molecular weight is 268 g/mol. The Morgan fingerprint density at radius 1 is 1.11 bits per heavy atom. The fourth-order valence-corrected chi connectivity index (χ4v) is 3.35. The number of nitrogens with one attached hydrogen (secondary N) is 2. The first kappa shape index (κ1) is 13.5. The fraction of sp³-hybridized carbons (Fsp3) is 0.538. The molecule has 0 saturated heterocycles. The molecule has 4 nitrogen and oxygen atoms in total. The Balaban J connectivity index is 2.17. The minimum atomic E-state index is -3.36. The van der Waals surface area contributed by atoms with Crippen LogP contribution in [0.4, 0.5) is 0 Å². The van der Waals surface area contributed by atoms with E-state index in [0.29, 0.717) is 18.0 Å². The molecule has 2 N–H and O–H groups in total. The molecule has 2 rings (SSSR count). The van der Waals surface area contributed by atoms with Gasteiger partial charge in [0.1, 0.15) is 0 Å². The fourth-order valence-electron chi connectivity index (χ4n) is 2.27. The summed E-state index contributed by atoms with van der Waals surface area (Å²) in [6, 6.07) is 5.50. The molecule has 0 atom stereocenters. The third-order valence-electron chi connectivity index (χ3n) is 3.30. The van der Waals surface area contributed by atoms with Gasteiger partial charge in [0.25, 0.3) is 0 Å². The molecule has 1 aliphatic rings. The first-order valence-electron chi connectivity index (χ1n) is 6.39. The normalized spacial score (nSPS) is 15.4. The summed E-state index contributed by atoms with van der Waals surface area (Å²) < 4.78 is 26.7. The number of aryl methyl sites for hydroxylation is 2. The van der Waals surface area contributed by atoms with E-state index >= 15 is 0 Å². The maximum absolute atomic E-state index is 12.1. The number of fused-ring (bicyclic) bond motifs is 1. The van der Waals surface area contributed by atoms with E-state index in [4.69, 9.17) is 0 Å². The van der Waals surface area contributed by atoms with Gasteiger partial charge in [-0.15, -0.1) is 0 Å². The summed E-state index contributed by atoms with van der Waals surface area (Å²) in [6.07, 6.45) is 4.43. The number of benzene rings is 1. The number of sulfonamides is 1. The topological polar surface area (TPSA) is 58.2 Å². The Bertz CT molecular complexity index is 512. The minimum absolute atomic E-state index is 0.388. The highest BCUT2D eigenvalue weighted by molar-refractivity contribution is 7.89. The molecule has 0 saturated carbocycles. The zero-order chi connectivity index (χ0) is 13.0. The van der Waals surface area contributed by atoms with Gasteiger partial charge in [-0.1, -0.05) is 6.07 Å². The number of likely N-dealkylation sites (N-methyl/N-ethyl adjacent to an activating group) is 1. The molecular formula is C13H20N2O2S. The van der Waals surface area contributed by atoms with Crippen LogP contribution in [-0.4, -0.2) is 28.6 Å². The molecule has 0 radical (unpaired) electrons. The monoisotopic (exact) mass is 268 g/mol. The summed E-state index contributed by atoms with van der Waals surface area (Å²) in [5.41, 5.74) is 2.49. The molecule has 0 bridgehead atoms. The van der Waals surface area contributed by atoms with Crippen molar-refractivity contribution in [2.75, 3.05) is 20.1 Å². The lowest BCUT2D eigenvalue weighted by Crippen LogP contribution is -2.30. The lowest BCUT2D eigenvalue weighted by atomic mass is 9.92. The van der Waals surface area contributed by atoms with E-state index in [-0.39, 0.29) is 0 Å². The second kappa shape index (κ2) is 5.82. The Morgan fingerprint density at radius 2 is 1.83 bits per heavy atom. The van der Waals surface area contributed by atoms with Gasteiger partial charge in [-0.25, -0.2) is 13.1 Å². The van der Waals surface area contributed by atoms with Crippen LogP contribution in [0.25, 0.3) is 0 Å². The van der Waals surface area contributed by atoms with Crippen molar-refractivity contribution in [3.05, 3.63) is 29.3 Å². The number of hydrogen-bond acceptors (Lipinski definition) is 3. The van der Waals surface area contributed by atoms with Crippen LogP contribution in [-0.2, 0) is 22.9 Å². The highest BCUT2D eigenvalue weighted by atomic mass is 32.2. The molecule has 0 spiro atoms. The quantitative estimate of drug-likeness (QED) is 0.785. The smallest absolute Gasteiger partial charge is 0.240 e. The molecular weight excluding hydrogens is 248 g/mol. The van der Waals surface area contributed by atoms with Gasteiger partial charge >= 0.3 is 0 Å². The van der Waals surface area contributed by atoms with E-state index in [0.717, 1.165) is 19.3 Å². The molecule has 1 aliphatic carbocycles. The van der Waals surface area contributed by atoms with Crippen LogP contribution in [0.15, 0.2) is 23.1 Å². The largest absolute Gasteiger partial charge is 0.318 e. The second-order valence-electron chi connectivity index (χ2n) is 4.64. The third kappa shape index (κ3) is 3.10. The van der Waals surface area contributed by atoms with Crippen LogP contribution >= 0.6 is 0 Å². The zero-order valence-corrected chi connectivity index (χ0v) is 11.5. The summed E-state index contributed by atoms with van der Waals surface area (Å²) in [5, 5.41) is 2.91. The van der Waals surface area contributed by atoms with Crippen LogP contribution in [0.5, 0.6) is 0 Å². The molecule has 100 valence electrons. The first-order chi connectivity index (χ1) is 8.63. The molecule has 5 heteroatoms. The van der Waals surface area contributed by atoms with Gasteiger partial charge < -0.3 is 5.32 Å². The van der Waals surface area contributed by atoms with Gasteiger partial charge in [0.2, 0.25) is 10.0 Å². The Hall–Kier alpha value is -0.910. The van der Waals surface area contributed by atoms with Gasteiger partial charge in [0, 0.05) is 13.1 Å². The molecule has 0 fully saturated rings. The number of rotatable bonds is 5. The summed E-state index contributed by atoms with van der Waals surface area (Å²) >= 11 is 0. The molecule has 0 unspecified atom stereocenters. The Kier molecular flexibility index (Phi) is 4.37. The average Bonchev–Trinajstić information content (AvgIpc) is 2.38. The van der Waals surface area contributed by atoms with E-state index in [1.807, 2.05) is 12.1 Å². The predicted octanol–water partition coefficient (Wildman–Crippen LogP) is 1.06. The molecule has 18 heavy (non-hydrogen) atoms. The first-order valence-corrected chi connectivity index (χ1v) is 7.88. The van der Waals surface area contributed by atoms with Crippen LogP contribution in [0.2, 0.25) is 0 Å². The Labute approximate surface area is 109 Å². The third-order valence-corrected chi connectivity index (χ3v) is 4.76. The molecule has 0 heterocycles. The van der Waals surface area contributed by atoms with Crippen LogP contribution in [0, 0.1) is 0 Å². The summed E-state index contributed by atoms with van der Waals surface area (Å²) in [6.45, 7) is 1.04. The van der Waals surface area contributed by atoms with Gasteiger partial charge in [-0.05, 0) is 56.0 Å². The van der Waals surface area contributed by atoms with Gasteiger partial charge in [0.15, 0.2) is 0 Å². The van der Waals surface area contributed by atoms with Crippen molar-refractivity contribution in [1.29, 1.82) is 0 Å². The van der Waals surface area contributed by atoms with E-state index in [1.165, 1.54) is 17.5 Å². The molecule has 0 amide bonds. The van der Waals surface area contributed by atoms with Crippen molar-refractivity contribution < 1.29 is 8.42 Å².